The van der Waals surface area contributed by atoms with E-state index in [4.69, 9.17) is 5.73 Å². The van der Waals surface area contributed by atoms with Crippen molar-refractivity contribution in [3.05, 3.63) is 23.5 Å². The fourth-order valence-electron chi connectivity index (χ4n) is 1.10. The first-order valence-electron chi connectivity index (χ1n) is 4.89. The number of carbonyl (C=O) groups excluding carboxylic acids is 1. The summed E-state index contributed by atoms with van der Waals surface area (Å²) in [7, 11) is 0. The van der Waals surface area contributed by atoms with E-state index in [9.17, 15) is 18.0 Å². The summed E-state index contributed by atoms with van der Waals surface area (Å²) >= 11 is 0. The van der Waals surface area contributed by atoms with Crippen LogP contribution < -0.4 is 5.73 Å². The first-order valence-corrected chi connectivity index (χ1v) is 4.89. The van der Waals surface area contributed by atoms with Crippen LogP contribution in [0.15, 0.2) is 12.3 Å². The molecule has 0 radical (unpaired) electrons. The molecule has 0 aliphatic rings. The highest BCUT2D eigenvalue weighted by Crippen LogP contribution is 2.30. The lowest BCUT2D eigenvalue weighted by atomic mass is 10.2. The quantitative estimate of drug-likeness (QED) is 0.661. The number of alkyl halides is 3. The Labute approximate surface area is 100 Å². The van der Waals surface area contributed by atoms with Crippen molar-refractivity contribution in [1.82, 2.24) is 9.97 Å². The van der Waals surface area contributed by atoms with Gasteiger partial charge in [0, 0.05) is 17.8 Å². The van der Waals surface area contributed by atoms with Crippen LogP contribution in [0.25, 0.3) is 6.08 Å². The molecule has 5 nitrogen and oxygen atoms in total. The van der Waals surface area contributed by atoms with Crippen molar-refractivity contribution in [1.29, 1.82) is 0 Å². The molecule has 1 heterocycles. The molecule has 1 aromatic rings. The molecule has 0 aliphatic carbocycles. The van der Waals surface area contributed by atoms with Gasteiger partial charge in [-0.25, -0.2) is 14.8 Å². The Kier molecular flexibility index (Phi) is 4.24. The van der Waals surface area contributed by atoms with Crippen molar-refractivity contribution in [3.63, 3.8) is 0 Å². The monoisotopic (exact) mass is 261 g/mol. The number of halogens is 3. The number of nitrogens with two attached hydrogens (primary N) is 1. The van der Waals surface area contributed by atoms with Gasteiger partial charge >= 0.3 is 12.1 Å². The molecule has 0 saturated carbocycles. The van der Waals surface area contributed by atoms with Crippen LogP contribution in [0.5, 0.6) is 0 Å². The summed E-state index contributed by atoms with van der Waals surface area (Å²) in [4.78, 5) is 17.5. The molecule has 0 unspecified atom stereocenters. The second-order valence-electron chi connectivity index (χ2n) is 3.12. The summed E-state index contributed by atoms with van der Waals surface area (Å²) in [5.74, 6) is -1.24. The average Bonchev–Trinajstić information content (AvgIpc) is 2.26. The van der Waals surface area contributed by atoms with Crippen LogP contribution in [0.2, 0.25) is 0 Å². The maximum atomic E-state index is 12.6. The summed E-state index contributed by atoms with van der Waals surface area (Å²) in [5.41, 5.74) is 3.53. The van der Waals surface area contributed by atoms with Crippen molar-refractivity contribution < 1.29 is 22.7 Å². The highest BCUT2D eigenvalue weighted by atomic mass is 19.4. The van der Waals surface area contributed by atoms with Crippen LogP contribution in [0.3, 0.4) is 0 Å². The second-order valence-corrected chi connectivity index (χ2v) is 3.12. The third kappa shape index (κ3) is 3.72. The SMILES string of the molecule is CCOC(=O)C=Cc1cnc(N)nc1C(F)(F)F. The predicted octanol–water partition coefficient (Wildman–Crippen LogP) is 1.65. The summed E-state index contributed by atoms with van der Waals surface area (Å²) in [6.45, 7) is 1.72. The van der Waals surface area contributed by atoms with Crippen LogP contribution in [0.4, 0.5) is 19.1 Å². The predicted molar refractivity (Wildman–Crippen MR) is 57.1 cm³/mol. The topological polar surface area (TPSA) is 78.1 Å². The van der Waals surface area contributed by atoms with E-state index >= 15 is 0 Å². The zero-order valence-electron chi connectivity index (χ0n) is 9.36. The van der Waals surface area contributed by atoms with E-state index in [1.165, 1.54) is 0 Å². The summed E-state index contributed by atoms with van der Waals surface area (Å²) in [6, 6.07) is 0. The van der Waals surface area contributed by atoms with Gasteiger partial charge in [0.15, 0.2) is 5.69 Å². The van der Waals surface area contributed by atoms with Crippen molar-refractivity contribution in [2.75, 3.05) is 12.3 Å². The Morgan fingerprint density at radius 3 is 2.78 bits per heavy atom. The molecule has 0 fully saturated rings. The van der Waals surface area contributed by atoms with Crippen LogP contribution in [0.1, 0.15) is 18.2 Å². The number of aromatic nitrogens is 2. The maximum absolute atomic E-state index is 12.6. The fraction of sp³-hybridized carbons (Fsp3) is 0.300. The van der Waals surface area contributed by atoms with Gasteiger partial charge in [-0.3, -0.25) is 0 Å². The zero-order chi connectivity index (χ0) is 13.8. The number of anilines is 1. The molecule has 1 aromatic heterocycles. The van der Waals surface area contributed by atoms with Crippen molar-refractivity contribution >= 4 is 18.0 Å². The fourth-order valence-corrected chi connectivity index (χ4v) is 1.10. The molecule has 1 rings (SSSR count). The van der Waals surface area contributed by atoms with Crippen LogP contribution in [-0.4, -0.2) is 22.5 Å². The number of nitrogen functional groups attached to an aromatic ring is 1. The molecular weight excluding hydrogens is 251 g/mol. The maximum Gasteiger partial charge on any atom is 0.434 e. The standard InChI is InChI=1S/C10H10F3N3O2/c1-2-18-7(17)4-3-6-5-15-9(14)16-8(6)10(11,12)13/h3-5H,2H2,1H3,(H2,14,15,16). The van der Waals surface area contributed by atoms with Gasteiger partial charge < -0.3 is 10.5 Å². The van der Waals surface area contributed by atoms with Gasteiger partial charge in [0.25, 0.3) is 0 Å². The van der Waals surface area contributed by atoms with Crippen molar-refractivity contribution in [2.24, 2.45) is 0 Å². The van der Waals surface area contributed by atoms with Gasteiger partial charge in [0.1, 0.15) is 0 Å². The molecule has 2 N–H and O–H groups in total. The molecule has 0 aliphatic heterocycles. The zero-order valence-corrected chi connectivity index (χ0v) is 9.36. The minimum atomic E-state index is -4.68. The lowest BCUT2D eigenvalue weighted by Gasteiger charge is -2.08. The van der Waals surface area contributed by atoms with E-state index in [1.807, 2.05) is 0 Å². The van der Waals surface area contributed by atoms with Crippen molar-refractivity contribution in [3.8, 4) is 0 Å². The van der Waals surface area contributed by atoms with E-state index in [0.29, 0.717) is 0 Å². The number of ether oxygens (including phenoxy) is 1. The van der Waals surface area contributed by atoms with Gasteiger partial charge in [-0.1, -0.05) is 0 Å². The Balaban J connectivity index is 3.06. The van der Waals surface area contributed by atoms with Gasteiger partial charge in [0.05, 0.1) is 6.61 Å². The third-order valence-corrected chi connectivity index (χ3v) is 1.79. The van der Waals surface area contributed by atoms with Gasteiger partial charge in [-0.2, -0.15) is 13.2 Å². The molecular formula is C10H10F3N3O2. The van der Waals surface area contributed by atoms with Crippen LogP contribution in [0, 0.1) is 0 Å². The largest absolute Gasteiger partial charge is 0.463 e. The average molecular weight is 261 g/mol. The molecule has 0 spiro atoms. The normalized spacial score (nSPS) is 11.8. The number of nitrogens with zero attached hydrogens (tertiary/aromatic N) is 2. The highest BCUT2D eigenvalue weighted by Gasteiger charge is 2.35. The van der Waals surface area contributed by atoms with E-state index in [1.54, 1.807) is 6.92 Å². The van der Waals surface area contributed by atoms with Gasteiger partial charge in [0.2, 0.25) is 5.95 Å². The van der Waals surface area contributed by atoms with E-state index in [0.717, 1.165) is 18.3 Å². The summed E-state index contributed by atoms with van der Waals surface area (Å²) in [5, 5.41) is 0. The molecule has 0 aromatic carbocycles. The van der Waals surface area contributed by atoms with Crippen LogP contribution >= 0.6 is 0 Å². The summed E-state index contributed by atoms with van der Waals surface area (Å²) < 4.78 is 42.4. The lowest BCUT2D eigenvalue weighted by molar-refractivity contribution is -0.141. The highest BCUT2D eigenvalue weighted by molar-refractivity contribution is 5.87. The minimum absolute atomic E-state index is 0.132. The third-order valence-electron chi connectivity index (χ3n) is 1.79. The van der Waals surface area contributed by atoms with Gasteiger partial charge in [-0.15, -0.1) is 0 Å². The Bertz CT molecular complexity index is 472. The first-order chi connectivity index (χ1) is 8.34. The molecule has 98 valence electrons. The Morgan fingerprint density at radius 2 is 2.22 bits per heavy atom. The van der Waals surface area contributed by atoms with E-state index in [2.05, 4.69) is 14.7 Å². The minimum Gasteiger partial charge on any atom is -0.463 e. The second kappa shape index (κ2) is 5.48. The summed E-state index contributed by atoms with van der Waals surface area (Å²) in [6.07, 6.45) is -1.99. The molecule has 0 bridgehead atoms. The van der Waals surface area contributed by atoms with Crippen molar-refractivity contribution in [2.45, 2.75) is 13.1 Å². The molecule has 0 amide bonds. The van der Waals surface area contributed by atoms with Gasteiger partial charge in [-0.05, 0) is 13.0 Å². The van der Waals surface area contributed by atoms with E-state index in [-0.39, 0.29) is 12.2 Å². The lowest BCUT2D eigenvalue weighted by Crippen LogP contribution is -2.13. The molecule has 0 saturated heterocycles. The molecule has 0 atom stereocenters. The smallest absolute Gasteiger partial charge is 0.434 e. The van der Waals surface area contributed by atoms with Crippen LogP contribution in [-0.2, 0) is 15.7 Å². The molecule has 8 heteroatoms. The number of hydrogen-bond acceptors (Lipinski definition) is 5. The number of esters is 1. The number of carbonyl (C=O) groups is 1. The first kappa shape index (κ1) is 13.9. The number of rotatable bonds is 3. The van der Waals surface area contributed by atoms with E-state index < -0.39 is 23.8 Å². The Morgan fingerprint density at radius 1 is 1.56 bits per heavy atom. The molecule has 18 heavy (non-hydrogen) atoms. The number of hydrogen-bond donors (Lipinski definition) is 1. The Hall–Kier alpha value is -2.12.